The highest BCUT2D eigenvalue weighted by molar-refractivity contribution is 8.13. The van der Waals surface area contributed by atoms with E-state index in [1.54, 1.807) is 24.3 Å². The number of halogens is 2. The van der Waals surface area contributed by atoms with Crippen LogP contribution in [0.2, 0.25) is 5.02 Å². The Morgan fingerprint density at radius 3 is 2.30 bits per heavy atom. The Kier molecular flexibility index (Phi) is 4.36. The molecule has 0 spiro atoms. The van der Waals surface area contributed by atoms with E-state index in [2.05, 4.69) is 10.2 Å². The Hall–Kier alpha value is -1.11. The van der Waals surface area contributed by atoms with Crippen LogP contribution >= 0.6 is 22.3 Å². The van der Waals surface area contributed by atoms with Gasteiger partial charge in [0.2, 0.25) is 0 Å². The van der Waals surface area contributed by atoms with Crippen molar-refractivity contribution < 1.29 is 8.42 Å². The molecule has 0 N–H and O–H groups in total. The van der Waals surface area contributed by atoms with Gasteiger partial charge in [0.1, 0.15) is 0 Å². The van der Waals surface area contributed by atoms with Gasteiger partial charge in [-0.2, -0.15) is 0 Å². The second-order valence-corrected chi connectivity index (χ2v) is 7.65. The van der Waals surface area contributed by atoms with Gasteiger partial charge in [0.25, 0.3) is 14.2 Å². The number of hydrogen-bond acceptors (Lipinski definition) is 4. The maximum atomic E-state index is 11.6. The van der Waals surface area contributed by atoms with E-state index in [-0.39, 0.29) is 11.1 Å². The molecule has 0 unspecified atom stereocenters. The second kappa shape index (κ2) is 5.71. The number of nitrogens with zero attached hydrogens (tertiary/aromatic N) is 3. The summed E-state index contributed by atoms with van der Waals surface area (Å²) in [5, 5.41) is 7.99. The zero-order chi connectivity index (χ0) is 14.9. The normalized spacial score (nSPS) is 12.1. The third-order valence-corrected chi connectivity index (χ3v) is 3.99. The van der Waals surface area contributed by atoms with Gasteiger partial charge >= 0.3 is 0 Å². The SMILES string of the molecule is CC(C)Cn1c(-c2ccc(Cl)cc2)nnc1S(=O)(=O)Cl. The molecule has 0 amide bonds. The molecule has 1 heterocycles. The van der Waals surface area contributed by atoms with E-state index < -0.39 is 9.05 Å². The van der Waals surface area contributed by atoms with E-state index in [4.69, 9.17) is 22.3 Å². The van der Waals surface area contributed by atoms with Gasteiger partial charge in [-0.1, -0.05) is 25.4 Å². The molecule has 0 aliphatic heterocycles. The predicted octanol–water partition coefficient (Wildman–Crippen LogP) is 3.18. The second-order valence-electron chi connectivity index (χ2n) is 4.76. The van der Waals surface area contributed by atoms with Crippen molar-refractivity contribution in [3.05, 3.63) is 29.3 Å². The van der Waals surface area contributed by atoms with Crippen molar-refractivity contribution in [2.24, 2.45) is 5.92 Å². The van der Waals surface area contributed by atoms with Crippen LogP contribution in [0.5, 0.6) is 0 Å². The number of benzene rings is 1. The molecule has 20 heavy (non-hydrogen) atoms. The van der Waals surface area contributed by atoms with Gasteiger partial charge in [-0.05, 0) is 30.2 Å². The standard InChI is InChI=1S/C12H13Cl2N3O2S/c1-8(2)7-17-11(9-3-5-10(13)6-4-9)15-16-12(17)20(14,18)19/h3-6,8H,7H2,1-2H3. The van der Waals surface area contributed by atoms with Crippen LogP contribution < -0.4 is 0 Å². The summed E-state index contributed by atoms with van der Waals surface area (Å²) in [6.45, 7) is 4.39. The summed E-state index contributed by atoms with van der Waals surface area (Å²) in [7, 11) is 1.46. The molecule has 2 rings (SSSR count). The van der Waals surface area contributed by atoms with E-state index in [1.165, 1.54) is 4.57 Å². The van der Waals surface area contributed by atoms with Gasteiger partial charge in [-0.25, -0.2) is 8.42 Å². The smallest absolute Gasteiger partial charge is 0.296 e. The Morgan fingerprint density at radius 1 is 1.20 bits per heavy atom. The molecule has 0 radical (unpaired) electrons. The van der Waals surface area contributed by atoms with E-state index in [1.807, 2.05) is 13.8 Å². The molecule has 5 nitrogen and oxygen atoms in total. The van der Waals surface area contributed by atoms with Crippen LogP contribution in [0.15, 0.2) is 29.4 Å². The molecule has 8 heteroatoms. The van der Waals surface area contributed by atoms with Gasteiger partial charge in [-0.15, -0.1) is 10.2 Å². The fourth-order valence-electron chi connectivity index (χ4n) is 1.81. The maximum Gasteiger partial charge on any atom is 0.296 e. The topological polar surface area (TPSA) is 64.8 Å². The third-order valence-electron chi connectivity index (χ3n) is 2.59. The lowest BCUT2D eigenvalue weighted by Crippen LogP contribution is -2.11. The molecule has 1 aromatic carbocycles. The summed E-state index contributed by atoms with van der Waals surface area (Å²) >= 11 is 5.84. The molecule has 0 atom stereocenters. The summed E-state index contributed by atoms with van der Waals surface area (Å²) in [6.07, 6.45) is 0. The number of rotatable bonds is 4. The molecule has 1 aromatic heterocycles. The summed E-state index contributed by atoms with van der Waals surface area (Å²) in [5.41, 5.74) is 0.731. The van der Waals surface area contributed by atoms with Gasteiger partial charge in [0, 0.05) is 27.8 Å². The molecule has 0 saturated carbocycles. The van der Waals surface area contributed by atoms with Crippen molar-refractivity contribution in [3.63, 3.8) is 0 Å². The first-order chi connectivity index (χ1) is 9.29. The summed E-state index contributed by atoms with van der Waals surface area (Å²) in [4.78, 5) is 0. The van der Waals surface area contributed by atoms with Crippen LogP contribution in [-0.4, -0.2) is 23.2 Å². The van der Waals surface area contributed by atoms with Crippen LogP contribution in [0.25, 0.3) is 11.4 Å². The number of hydrogen-bond donors (Lipinski definition) is 0. The Labute approximate surface area is 127 Å². The van der Waals surface area contributed by atoms with Crippen molar-refractivity contribution >= 4 is 31.3 Å². The summed E-state index contributed by atoms with van der Waals surface area (Å²) in [6, 6.07) is 6.93. The monoisotopic (exact) mass is 333 g/mol. The molecule has 0 fully saturated rings. The largest absolute Gasteiger partial charge is 0.297 e. The third kappa shape index (κ3) is 3.31. The van der Waals surface area contributed by atoms with Crippen LogP contribution in [0, 0.1) is 5.92 Å². The van der Waals surface area contributed by atoms with E-state index in [0.717, 1.165) is 5.56 Å². The molecule has 0 saturated heterocycles. The Balaban J connectivity index is 2.59. The van der Waals surface area contributed by atoms with E-state index in [9.17, 15) is 8.42 Å². The maximum absolute atomic E-state index is 11.6. The first-order valence-electron chi connectivity index (χ1n) is 5.93. The molecule has 0 aliphatic carbocycles. The molecule has 2 aromatic rings. The predicted molar refractivity (Wildman–Crippen MR) is 78.3 cm³/mol. The zero-order valence-corrected chi connectivity index (χ0v) is 13.2. The highest BCUT2D eigenvalue weighted by atomic mass is 35.7. The highest BCUT2D eigenvalue weighted by Crippen LogP contribution is 2.24. The van der Waals surface area contributed by atoms with E-state index in [0.29, 0.717) is 17.4 Å². The average molecular weight is 334 g/mol. The quantitative estimate of drug-likeness (QED) is 0.806. The Bertz CT molecular complexity index is 709. The van der Waals surface area contributed by atoms with Crippen LogP contribution in [-0.2, 0) is 15.6 Å². The van der Waals surface area contributed by atoms with Crippen molar-refractivity contribution in [1.29, 1.82) is 0 Å². The fraction of sp³-hybridized carbons (Fsp3) is 0.333. The van der Waals surface area contributed by atoms with E-state index >= 15 is 0 Å². The minimum absolute atomic E-state index is 0.217. The highest BCUT2D eigenvalue weighted by Gasteiger charge is 2.23. The van der Waals surface area contributed by atoms with Crippen LogP contribution in [0.4, 0.5) is 0 Å². The molecule has 108 valence electrons. The molecular weight excluding hydrogens is 321 g/mol. The lowest BCUT2D eigenvalue weighted by Gasteiger charge is -2.11. The van der Waals surface area contributed by atoms with Crippen LogP contribution in [0.3, 0.4) is 0 Å². The molecular formula is C12H13Cl2N3O2S. The summed E-state index contributed by atoms with van der Waals surface area (Å²) in [5.74, 6) is 0.670. The van der Waals surface area contributed by atoms with Gasteiger partial charge in [0.05, 0.1) is 0 Å². The van der Waals surface area contributed by atoms with Gasteiger partial charge in [-0.3, -0.25) is 4.57 Å². The van der Waals surface area contributed by atoms with Gasteiger partial charge in [0.15, 0.2) is 5.82 Å². The van der Waals surface area contributed by atoms with Crippen molar-refractivity contribution in [2.75, 3.05) is 0 Å². The van der Waals surface area contributed by atoms with Gasteiger partial charge < -0.3 is 0 Å². The lowest BCUT2D eigenvalue weighted by atomic mass is 10.2. The Morgan fingerprint density at radius 2 is 1.80 bits per heavy atom. The van der Waals surface area contributed by atoms with Crippen molar-refractivity contribution in [3.8, 4) is 11.4 Å². The molecule has 0 bridgehead atoms. The fourth-order valence-corrected chi connectivity index (χ4v) is 2.84. The summed E-state index contributed by atoms with van der Waals surface area (Å²) < 4.78 is 24.6. The number of aromatic nitrogens is 3. The lowest BCUT2D eigenvalue weighted by molar-refractivity contribution is 0.488. The van der Waals surface area contributed by atoms with Crippen LogP contribution in [0.1, 0.15) is 13.8 Å². The van der Waals surface area contributed by atoms with Crippen molar-refractivity contribution in [1.82, 2.24) is 14.8 Å². The minimum Gasteiger partial charge on any atom is -0.297 e. The minimum atomic E-state index is -3.94. The molecule has 0 aliphatic rings. The first kappa shape index (κ1) is 15.3. The van der Waals surface area contributed by atoms with Crippen molar-refractivity contribution in [2.45, 2.75) is 25.5 Å². The zero-order valence-electron chi connectivity index (χ0n) is 10.9. The average Bonchev–Trinajstić information content (AvgIpc) is 2.72. The first-order valence-corrected chi connectivity index (χ1v) is 8.61.